The first-order chi connectivity index (χ1) is 14.7. The Hall–Kier alpha value is -2.83. The lowest BCUT2D eigenvalue weighted by atomic mass is 10.0. The van der Waals surface area contributed by atoms with Crippen molar-refractivity contribution in [3.05, 3.63) is 59.8 Å². The van der Waals surface area contributed by atoms with Crippen molar-refractivity contribution >= 4 is 16.6 Å². The molecule has 2 heterocycles. The zero-order valence-corrected chi connectivity index (χ0v) is 17.7. The van der Waals surface area contributed by atoms with Gasteiger partial charge in [0.2, 0.25) is 0 Å². The molecule has 158 valence electrons. The maximum atomic E-state index is 10.9. The first kappa shape index (κ1) is 20.4. The highest BCUT2D eigenvalue weighted by Crippen LogP contribution is 2.32. The lowest BCUT2D eigenvalue weighted by Gasteiger charge is -2.36. The zero-order chi connectivity index (χ0) is 20.9. The predicted octanol–water partition coefficient (Wildman–Crippen LogP) is 3.81. The van der Waals surface area contributed by atoms with Crippen LogP contribution in [-0.4, -0.2) is 54.9 Å². The van der Waals surface area contributed by atoms with E-state index in [1.807, 2.05) is 37.3 Å². The average Bonchev–Trinajstić information content (AvgIpc) is 2.80. The minimum absolute atomic E-state index is 0.276. The number of hydrogen-bond donors (Lipinski definition) is 1. The highest BCUT2D eigenvalue weighted by molar-refractivity contribution is 5.88. The molecule has 0 unspecified atom stereocenters. The van der Waals surface area contributed by atoms with Crippen molar-refractivity contribution in [2.45, 2.75) is 20.1 Å². The second kappa shape index (κ2) is 9.32. The van der Waals surface area contributed by atoms with Crippen molar-refractivity contribution in [3.8, 4) is 11.5 Å². The number of aromatic nitrogens is 1. The van der Waals surface area contributed by atoms with Gasteiger partial charge in [-0.1, -0.05) is 18.2 Å². The summed E-state index contributed by atoms with van der Waals surface area (Å²) in [4.78, 5) is 9.16. The van der Waals surface area contributed by atoms with E-state index in [9.17, 15) is 5.11 Å². The molecule has 1 aliphatic heterocycles. The number of benzene rings is 2. The van der Waals surface area contributed by atoms with Crippen LogP contribution in [0.4, 0.5) is 5.69 Å². The van der Waals surface area contributed by atoms with Gasteiger partial charge in [0.05, 0.1) is 19.4 Å². The lowest BCUT2D eigenvalue weighted by Crippen LogP contribution is -2.46. The smallest absolute Gasteiger partial charge is 0.146 e. The van der Waals surface area contributed by atoms with Crippen LogP contribution in [0.3, 0.4) is 0 Å². The number of piperazine rings is 1. The first-order valence-electron chi connectivity index (χ1n) is 10.5. The van der Waals surface area contributed by atoms with Crippen LogP contribution < -0.4 is 9.64 Å². The van der Waals surface area contributed by atoms with Crippen molar-refractivity contribution in [2.24, 2.45) is 0 Å². The predicted molar refractivity (Wildman–Crippen MR) is 119 cm³/mol. The monoisotopic (exact) mass is 407 g/mol. The molecule has 0 radical (unpaired) electrons. The van der Waals surface area contributed by atoms with Crippen molar-refractivity contribution in [3.63, 3.8) is 0 Å². The number of phenols is 1. The third-order valence-electron chi connectivity index (χ3n) is 5.68. The number of anilines is 1. The highest BCUT2D eigenvalue weighted by Gasteiger charge is 2.21. The Balaban J connectivity index is 1.50. The SMILES string of the molecule is CCOCc1cc(CN2CCN(c3ccccc3OC)CC2)c(O)c2ncccc12. The molecule has 0 spiro atoms. The average molecular weight is 408 g/mol. The zero-order valence-electron chi connectivity index (χ0n) is 17.7. The van der Waals surface area contributed by atoms with Gasteiger partial charge < -0.3 is 19.5 Å². The van der Waals surface area contributed by atoms with E-state index in [4.69, 9.17) is 9.47 Å². The van der Waals surface area contributed by atoms with Crippen LogP contribution in [0.25, 0.3) is 10.9 Å². The highest BCUT2D eigenvalue weighted by atomic mass is 16.5. The third kappa shape index (κ3) is 4.20. The van der Waals surface area contributed by atoms with Gasteiger partial charge in [0, 0.05) is 56.5 Å². The fourth-order valence-corrected chi connectivity index (χ4v) is 4.09. The third-order valence-corrected chi connectivity index (χ3v) is 5.68. The molecule has 1 aromatic heterocycles. The van der Waals surface area contributed by atoms with E-state index < -0.39 is 0 Å². The number of ether oxygens (including phenoxy) is 2. The van der Waals surface area contributed by atoms with Crippen LogP contribution in [0.2, 0.25) is 0 Å². The number of methoxy groups -OCH3 is 1. The van der Waals surface area contributed by atoms with E-state index in [-0.39, 0.29) is 5.75 Å². The fraction of sp³-hybridized carbons (Fsp3) is 0.375. The Morgan fingerprint density at radius 3 is 2.60 bits per heavy atom. The minimum atomic E-state index is 0.276. The van der Waals surface area contributed by atoms with Crippen LogP contribution in [0, 0.1) is 0 Å². The van der Waals surface area contributed by atoms with E-state index in [1.165, 1.54) is 0 Å². The number of rotatable bonds is 7. The van der Waals surface area contributed by atoms with E-state index in [0.29, 0.717) is 25.3 Å². The summed E-state index contributed by atoms with van der Waals surface area (Å²) in [6, 6.07) is 14.1. The summed E-state index contributed by atoms with van der Waals surface area (Å²) < 4.78 is 11.2. The summed E-state index contributed by atoms with van der Waals surface area (Å²) in [5.41, 5.74) is 3.76. The van der Waals surface area contributed by atoms with Gasteiger partial charge >= 0.3 is 0 Å². The molecule has 2 aromatic carbocycles. The Morgan fingerprint density at radius 2 is 1.83 bits per heavy atom. The molecule has 0 bridgehead atoms. The van der Waals surface area contributed by atoms with E-state index in [1.54, 1.807) is 13.3 Å². The largest absolute Gasteiger partial charge is 0.505 e. The molecule has 0 saturated carbocycles. The molecule has 1 saturated heterocycles. The van der Waals surface area contributed by atoms with Gasteiger partial charge in [-0.05, 0) is 36.8 Å². The number of pyridine rings is 1. The maximum absolute atomic E-state index is 10.9. The number of para-hydroxylation sites is 2. The first-order valence-corrected chi connectivity index (χ1v) is 10.5. The molecule has 1 aliphatic rings. The summed E-state index contributed by atoms with van der Waals surface area (Å²) in [6.07, 6.45) is 1.72. The van der Waals surface area contributed by atoms with E-state index in [2.05, 4.69) is 26.9 Å². The van der Waals surface area contributed by atoms with Crippen molar-refractivity contribution in [1.29, 1.82) is 0 Å². The Bertz CT molecular complexity index is 1000. The van der Waals surface area contributed by atoms with Crippen molar-refractivity contribution in [2.75, 3.05) is 44.8 Å². The summed E-state index contributed by atoms with van der Waals surface area (Å²) in [5, 5.41) is 11.8. The van der Waals surface area contributed by atoms with Gasteiger partial charge in [-0.15, -0.1) is 0 Å². The molecular weight excluding hydrogens is 378 g/mol. The van der Waals surface area contributed by atoms with Crippen LogP contribution in [-0.2, 0) is 17.9 Å². The normalized spacial score (nSPS) is 14.9. The molecule has 0 atom stereocenters. The topological polar surface area (TPSA) is 58.1 Å². The number of aromatic hydroxyl groups is 1. The Labute approximate surface area is 177 Å². The number of fused-ring (bicyclic) bond motifs is 1. The van der Waals surface area contributed by atoms with Gasteiger partial charge in [-0.2, -0.15) is 0 Å². The van der Waals surface area contributed by atoms with Gasteiger partial charge in [-0.25, -0.2) is 0 Å². The fourth-order valence-electron chi connectivity index (χ4n) is 4.09. The molecular formula is C24H29N3O3. The molecule has 1 fully saturated rings. The molecule has 6 nitrogen and oxygen atoms in total. The van der Waals surface area contributed by atoms with Gasteiger partial charge in [0.1, 0.15) is 17.0 Å². The molecule has 0 aliphatic carbocycles. The van der Waals surface area contributed by atoms with Crippen LogP contribution in [0.5, 0.6) is 11.5 Å². The summed E-state index contributed by atoms with van der Waals surface area (Å²) in [5.74, 6) is 1.18. The maximum Gasteiger partial charge on any atom is 0.146 e. The number of nitrogens with zero attached hydrogens (tertiary/aromatic N) is 3. The minimum Gasteiger partial charge on any atom is -0.505 e. The van der Waals surface area contributed by atoms with Gasteiger partial charge in [0.15, 0.2) is 0 Å². The van der Waals surface area contributed by atoms with Crippen LogP contribution in [0.15, 0.2) is 48.7 Å². The van der Waals surface area contributed by atoms with Crippen molar-refractivity contribution in [1.82, 2.24) is 9.88 Å². The Morgan fingerprint density at radius 1 is 1.03 bits per heavy atom. The van der Waals surface area contributed by atoms with E-state index in [0.717, 1.165) is 54.1 Å². The molecule has 1 N–H and O–H groups in total. The summed E-state index contributed by atoms with van der Waals surface area (Å²) in [7, 11) is 1.71. The molecule has 30 heavy (non-hydrogen) atoms. The molecule has 3 aromatic rings. The quantitative estimate of drug-likeness (QED) is 0.643. The van der Waals surface area contributed by atoms with Crippen LogP contribution >= 0.6 is 0 Å². The number of hydrogen-bond acceptors (Lipinski definition) is 6. The Kier molecular flexibility index (Phi) is 6.35. The molecule has 6 heteroatoms. The lowest BCUT2D eigenvalue weighted by molar-refractivity contribution is 0.135. The summed E-state index contributed by atoms with van der Waals surface area (Å²) >= 11 is 0. The van der Waals surface area contributed by atoms with Gasteiger partial charge in [-0.3, -0.25) is 9.88 Å². The van der Waals surface area contributed by atoms with Crippen molar-refractivity contribution < 1.29 is 14.6 Å². The van der Waals surface area contributed by atoms with Gasteiger partial charge in [0.25, 0.3) is 0 Å². The van der Waals surface area contributed by atoms with Crippen LogP contribution in [0.1, 0.15) is 18.1 Å². The molecule has 0 amide bonds. The van der Waals surface area contributed by atoms with E-state index >= 15 is 0 Å². The second-order valence-corrected chi connectivity index (χ2v) is 7.52. The summed E-state index contributed by atoms with van der Waals surface area (Å²) in [6.45, 7) is 7.52. The standard InChI is InChI=1S/C24H29N3O3/c1-3-30-17-19-15-18(24(28)23-20(19)7-6-10-25-23)16-26-11-13-27(14-12-26)21-8-4-5-9-22(21)29-2/h4-10,15,28H,3,11-14,16-17H2,1-2H3. The molecule has 4 rings (SSSR count). The number of phenolic OH excluding ortho intramolecular Hbond substituents is 1. The second-order valence-electron chi connectivity index (χ2n) is 7.52.